The number of esters is 1. The van der Waals surface area contributed by atoms with Crippen LogP contribution in [0, 0.1) is 0 Å². The molecule has 29 heavy (non-hydrogen) atoms. The number of rotatable bonds is 7. The normalized spacial score (nSPS) is 11.7. The summed E-state index contributed by atoms with van der Waals surface area (Å²) < 4.78 is 67.5. The number of amides is 1. The number of benzene rings is 2. The summed E-state index contributed by atoms with van der Waals surface area (Å²) in [6, 6.07) is 9.66. The highest BCUT2D eigenvalue weighted by Crippen LogP contribution is 2.34. The van der Waals surface area contributed by atoms with E-state index in [1.54, 1.807) is 0 Å². The molecule has 11 heteroatoms. The van der Waals surface area contributed by atoms with Crippen molar-refractivity contribution in [3.8, 4) is 0 Å². The highest BCUT2D eigenvalue weighted by Gasteiger charge is 2.33. The Hall–Kier alpha value is -2.59. The van der Waals surface area contributed by atoms with E-state index in [-0.39, 0.29) is 4.90 Å². The predicted octanol–water partition coefficient (Wildman–Crippen LogP) is 3.70. The Labute approximate surface area is 169 Å². The Balaban J connectivity index is 1.87. The van der Waals surface area contributed by atoms with E-state index in [4.69, 9.17) is 11.6 Å². The van der Waals surface area contributed by atoms with Crippen molar-refractivity contribution in [3.05, 3.63) is 59.1 Å². The zero-order chi connectivity index (χ0) is 21.7. The summed E-state index contributed by atoms with van der Waals surface area (Å²) in [5.41, 5.74) is -1.53. The third-order valence-electron chi connectivity index (χ3n) is 3.62. The summed E-state index contributed by atoms with van der Waals surface area (Å²) in [4.78, 5) is 23.4. The van der Waals surface area contributed by atoms with Crippen molar-refractivity contribution in [3.63, 3.8) is 0 Å². The summed E-state index contributed by atoms with van der Waals surface area (Å²) >= 11 is 5.68. The van der Waals surface area contributed by atoms with E-state index in [9.17, 15) is 31.2 Å². The first-order chi connectivity index (χ1) is 13.5. The molecule has 0 saturated heterocycles. The molecule has 1 amide bonds. The molecule has 0 aliphatic heterocycles. The molecule has 0 fully saturated rings. The zero-order valence-electron chi connectivity index (χ0n) is 14.7. The summed E-state index contributed by atoms with van der Waals surface area (Å²) in [7, 11) is -3.77. The van der Waals surface area contributed by atoms with Crippen LogP contribution in [-0.2, 0) is 30.3 Å². The molecule has 156 valence electrons. The van der Waals surface area contributed by atoms with Crippen LogP contribution in [0.5, 0.6) is 0 Å². The molecule has 0 aliphatic rings. The van der Waals surface area contributed by atoms with Gasteiger partial charge in [-0.05, 0) is 36.4 Å². The topological polar surface area (TPSA) is 89.5 Å². The lowest BCUT2D eigenvalue weighted by Gasteiger charge is -2.13. The van der Waals surface area contributed by atoms with Gasteiger partial charge in [-0.25, -0.2) is 8.42 Å². The molecule has 0 atom stereocenters. The Bertz CT molecular complexity index is 991. The van der Waals surface area contributed by atoms with E-state index >= 15 is 0 Å². The molecule has 2 rings (SSSR count). The minimum absolute atomic E-state index is 0.0313. The maximum absolute atomic E-state index is 12.9. The number of para-hydroxylation sites is 1. The van der Waals surface area contributed by atoms with Crippen LogP contribution in [-0.4, -0.2) is 32.7 Å². The number of carbonyl (C=O) groups is 2. The van der Waals surface area contributed by atoms with E-state index in [2.05, 4.69) is 4.74 Å². The molecule has 0 spiro atoms. The van der Waals surface area contributed by atoms with Crippen molar-refractivity contribution in [2.75, 3.05) is 17.7 Å². The van der Waals surface area contributed by atoms with Gasteiger partial charge in [-0.2, -0.15) is 13.2 Å². The number of hydrogen-bond donors (Lipinski definition) is 1. The van der Waals surface area contributed by atoms with Crippen LogP contribution in [0.25, 0.3) is 0 Å². The van der Waals surface area contributed by atoms with Gasteiger partial charge >= 0.3 is 12.1 Å². The molecular formula is C18H15ClF3NO5S. The van der Waals surface area contributed by atoms with E-state index in [0.29, 0.717) is 5.02 Å². The number of alkyl halides is 3. The first kappa shape index (κ1) is 22.7. The molecule has 2 aromatic carbocycles. The first-order valence-electron chi connectivity index (χ1n) is 8.09. The van der Waals surface area contributed by atoms with Gasteiger partial charge < -0.3 is 10.1 Å². The van der Waals surface area contributed by atoms with Crippen LogP contribution in [0.2, 0.25) is 5.02 Å². The largest absolute Gasteiger partial charge is 0.456 e. The third-order valence-corrected chi connectivity index (χ3v) is 5.60. The quantitative estimate of drug-likeness (QED) is 0.651. The summed E-state index contributed by atoms with van der Waals surface area (Å²) in [5, 5.41) is 2.36. The number of hydrogen-bond acceptors (Lipinski definition) is 5. The Morgan fingerprint density at radius 2 is 1.66 bits per heavy atom. The lowest BCUT2D eigenvalue weighted by atomic mass is 10.1. The Morgan fingerprint density at radius 3 is 2.28 bits per heavy atom. The average Bonchev–Trinajstić information content (AvgIpc) is 2.65. The highest BCUT2D eigenvalue weighted by atomic mass is 35.5. The monoisotopic (exact) mass is 449 g/mol. The van der Waals surface area contributed by atoms with Crippen LogP contribution in [0.4, 0.5) is 18.9 Å². The SMILES string of the molecule is O=C(COC(=O)CCS(=O)(=O)c1ccc(Cl)cc1)Nc1ccccc1C(F)(F)F. The van der Waals surface area contributed by atoms with Crippen molar-refractivity contribution in [1.29, 1.82) is 0 Å². The molecule has 2 aromatic rings. The molecule has 6 nitrogen and oxygen atoms in total. The van der Waals surface area contributed by atoms with E-state index in [0.717, 1.165) is 12.1 Å². The molecular weight excluding hydrogens is 435 g/mol. The van der Waals surface area contributed by atoms with Gasteiger partial charge in [-0.1, -0.05) is 23.7 Å². The van der Waals surface area contributed by atoms with Crippen LogP contribution >= 0.6 is 11.6 Å². The standard InChI is InChI=1S/C18H15ClF3NO5S/c19-12-5-7-13(8-6-12)29(26,27)10-9-17(25)28-11-16(24)23-15-4-2-1-3-14(15)18(20,21)22/h1-8H,9-11H2,(H,23,24). The van der Waals surface area contributed by atoms with Crippen molar-refractivity contribution >= 4 is 39.0 Å². The fraction of sp³-hybridized carbons (Fsp3) is 0.222. The second kappa shape index (κ2) is 9.27. The third kappa shape index (κ3) is 6.75. The minimum atomic E-state index is -4.67. The van der Waals surface area contributed by atoms with Crippen molar-refractivity contribution in [1.82, 2.24) is 0 Å². The lowest BCUT2D eigenvalue weighted by Crippen LogP contribution is -2.23. The van der Waals surface area contributed by atoms with Crippen molar-refractivity contribution < 1.29 is 35.9 Å². The Kier molecular flexibility index (Phi) is 7.26. The summed E-state index contributed by atoms with van der Waals surface area (Å²) in [6.45, 7) is -0.855. The maximum Gasteiger partial charge on any atom is 0.418 e. The average molecular weight is 450 g/mol. The van der Waals surface area contributed by atoms with Gasteiger partial charge in [-0.3, -0.25) is 9.59 Å². The highest BCUT2D eigenvalue weighted by molar-refractivity contribution is 7.91. The summed E-state index contributed by atoms with van der Waals surface area (Å²) in [6.07, 6.45) is -5.20. The molecule has 0 unspecified atom stereocenters. The zero-order valence-corrected chi connectivity index (χ0v) is 16.3. The molecule has 0 aromatic heterocycles. The molecule has 1 N–H and O–H groups in total. The molecule has 0 heterocycles. The van der Waals surface area contributed by atoms with Crippen LogP contribution in [0.3, 0.4) is 0 Å². The maximum atomic E-state index is 12.9. The van der Waals surface area contributed by atoms with E-state index in [1.807, 2.05) is 5.32 Å². The van der Waals surface area contributed by atoms with Gasteiger partial charge in [0.2, 0.25) is 0 Å². The fourth-order valence-electron chi connectivity index (χ4n) is 2.22. The number of sulfone groups is 1. The molecule has 0 aliphatic carbocycles. The second-order valence-corrected chi connectivity index (χ2v) is 8.32. The van der Waals surface area contributed by atoms with E-state index < -0.39 is 57.9 Å². The molecule has 0 radical (unpaired) electrons. The predicted molar refractivity (Wildman–Crippen MR) is 99.2 cm³/mol. The number of ether oxygens (including phenoxy) is 1. The van der Waals surface area contributed by atoms with Crippen molar-refractivity contribution in [2.45, 2.75) is 17.5 Å². The molecule has 0 saturated carbocycles. The summed E-state index contributed by atoms with van der Waals surface area (Å²) in [5.74, 6) is -2.54. The minimum Gasteiger partial charge on any atom is -0.456 e. The number of halogens is 4. The van der Waals surface area contributed by atoms with Crippen LogP contribution < -0.4 is 5.32 Å². The van der Waals surface area contributed by atoms with Crippen molar-refractivity contribution in [2.24, 2.45) is 0 Å². The van der Waals surface area contributed by atoms with Gasteiger partial charge in [0.15, 0.2) is 16.4 Å². The lowest BCUT2D eigenvalue weighted by molar-refractivity contribution is -0.147. The molecule has 0 bridgehead atoms. The van der Waals surface area contributed by atoms with Crippen LogP contribution in [0.1, 0.15) is 12.0 Å². The van der Waals surface area contributed by atoms with Gasteiger partial charge in [-0.15, -0.1) is 0 Å². The first-order valence-corrected chi connectivity index (χ1v) is 10.1. The fourth-order valence-corrected chi connectivity index (χ4v) is 3.57. The number of anilines is 1. The second-order valence-electron chi connectivity index (χ2n) is 5.77. The number of nitrogens with one attached hydrogen (secondary N) is 1. The number of carbonyl (C=O) groups excluding carboxylic acids is 2. The van der Waals surface area contributed by atoms with Gasteiger partial charge in [0.05, 0.1) is 28.3 Å². The Morgan fingerprint density at radius 1 is 1.03 bits per heavy atom. The van der Waals surface area contributed by atoms with Gasteiger partial charge in [0, 0.05) is 5.02 Å². The van der Waals surface area contributed by atoms with Gasteiger partial charge in [0.25, 0.3) is 5.91 Å². The van der Waals surface area contributed by atoms with E-state index in [1.165, 1.54) is 36.4 Å². The smallest absolute Gasteiger partial charge is 0.418 e. The van der Waals surface area contributed by atoms with Crippen LogP contribution in [0.15, 0.2) is 53.4 Å². The van der Waals surface area contributed by atoms with Gasteiger partial charge in [0.1, 0.15) is 0 Å².